The zero-order valence-electron chi connectivity index (χ0n) is 17.2. The molecule has 8 heteroatoms. The van der Waals surface area contributed by atoms with Gasteiger partial charge in [-0.25, -0.2) is 4.79 Å². The Hall–Kier alpha value is -3.10. The molecule has 3 N–H and O–H groups in total. The Balaban J connectivity index is 1.33. The number of hydrogen-bond acceptors (Lipinski definition) is 5. The van der Waals surface area contributed by atoms with Gasteiger partial charge in [0.05, 0.1) is 22.2 Å². The molecule has 31 heavy (non-hydrogen) atoms. The number of anilines is 2. The molecule has 1 saturated heterocycles. The van der Waals surface area contributed by atoms with Crippen LogP contribution in [0.1, 0.15) is 40.7 Å². The number of carbonyl (C=O) groups excluding carboxylic acids is 2. The Kier molecular flexibility index (Phi) is 7.01. The van der Waals surface area contributed by atoms with Crippen LogP contribution in [-0.4, -0.2) is 36.5 Å². The van der Waals surface area contributed by atoms with Crippen LogP contribution in [0.2, 0.25) is 0 Å². The minimum atomic E-state index is -0.344. The predicted octanol–water partition coefficient (Wildman–Crippen LogP) is 4.94. The molecule has 3 amide bonds. The highest BCUT2D eigenvalue weighted by molar-refractivity contribution is 7.18. The molecule has 0 spiro atoms. The van der Waals surface area contributed by atoms with E-state index in [1.165, 1.54) is 17.8 Å². The number of hydrogen-bond donors (Lipinski definition) is 3. The molecule has 0 aliphatic carbocycles. The molecule has 2 aromatic heterocycles. The van der Waals surface area contributed by atoms with E-state index in [0.717, 1.165) is 31.7 Å². The van der Waals surface area contributed by atoms with E-state index in [9.17, 15) is 9.59 Å². The maximum atomic E-state index is 12.7. The Bertz CT molecular complexity index is 981. The first-order chi connectivity index (χ1) is 15.2. The van der Waals surface area contributed by atoms with Gasteiger partial charge in [0, 0.05) is 12.2 Å². The van der Waals surface area contributed by atoms with Crippen LogP contribution < -0.4 is 16.0 Å². The second kappa shape index (κ2) is 10.3. The number of para-hydroxylation sites is 1. The Morgan fingerprint density at radius 1 is 0.968 bits per heavy atom. The highest BCUT2D eigenvalue weighted by Crippen LogP contribution is 2.26. The van der Waals surface area contributed by atoms with Crippen molar-refractivity contribution in [3.05, 3.63) is 71.5 Å². The second-order valence-electron chi connectivity index (χ2n) is 7.45. The van der Waals surface area contributed by atoms with Crippen LogP contribution in [0.3, 0.4) is 0 Å². The van der Waals surface area contributed by atoms with E-state index in [4.69, 9.17) is 4.42 Å². The van der Waals surface area contributed by atoms with Crippen molar-refractivity contribution < 1.29 is 14.0 Å². The van der Waals surface area contributed by atoms with Crippen LogP contribution in [0.15, 0.2) is 65.3 Å². The van der Waals surface area contributed by atoms with Crippen LogP contribution in [0.4, 0.5) is 15.5 Å². The molecule has 0 saturated carbocycles. The Morgan fingerprint density at radius 2 is 1.77 bits per heavy atom. The van der Waals surface area contributed by atoms with Crippen LogP contribution in [0.5, 0.6) is 0 Å². The first-order valence-corrected chi connectivity index (χ1v) is 11.3. The molecule has 1 unspecified atom stereocenters. The summed E-state index contributed by atoms with van der Waals surface area (Å²) in [5.74, 6) is 0.711. The summed E-state index contributed by atoms with van der Waals surface area (Å²) in [5, 5.41) is 9.17. The number of benzene rings is 1. The molecular weight excluding hydrogens is 412 g/mol. The van der Waals surface area contributed by atoms with Crippen molar-refractivity contribution in [1.82, 2.24) is 10.2 Å². The van der Waals surface area contributed by atoms with Crippen LogP contribution in [0, 0.1) is 0 Å². The number of furan rings is 1. The van der Waals surface area contributed by atoms with Gasteiger partial charge in [-0.2, -0.15) is 0 Å². The molecule has 1 aliphatic heterocycles. The maximum Gasteiger partial charge on any atom is 0.324 e. The van der Waals surface area contributed by atoms with Gasteiger partial charge in [0.25, 0.3) is 5.91 Å². The fraction of sp³-hybridized carbons (Fsp3) is 0.304. The van der Waals surface area contributed by atoms with Crippen LogP contribution in [0.25, 0.3) is 0 Å². The second-order valence-corrected chi connectivity index (χ2v) is 8.53. The lowest BCUT2D eigenvalue weighted by atomic mass is 10.1. The van der Waals surface area contributed by atoms with Gasteiger partial charge in [-0.05, 0) is 62.3 Å². The smallest absolute Gasteiger partial charge is 0.324 e. The van der Waals surface area contributed by atoms with Crippen molar-refractivity contribution in [2.24, 2.45) is 0 Å². The van der Waals surface area contributed by atoms with E-state index in [2.05, 4.69) is 20.9 Å². The zero-order chi connectivity index (χ0) is 21.5. The number of carbonyl (C=O) groups is 2. The number of rotatable bonds is 7. The van der Waals surface area contributed by atoms with E-state index < -0.39 is 0 Å². The minimum Gasteiger partial charge on any atom is -0.468 e. The first kappa shape index (κ1) is 21.1. The van der Waals surface area contributed by atoms with Crippen molar-refractivity contribution in [1.29, 1.82) is 0 Å². The molecular formula is C23H26N4O3S. The van der Waals surface area contributed by atoms with E-state index in [1.807, 2.05) is 42.5 Å². The topological polar surface area (TPSA) is 86.6 Å². The van der Waals surface area contributed by atoms with E-state index in [0.29, 0.717) is 22.1 Å². The predicted molar refractivity (Wildman–Crippen MR) is 123 cm³/mol. The van der Waals surface area contributed by atoms with Gasteiger partial charge in [0.2, 0.25) is 0 Å². The largest absolute Gasteiger partial charge is 0.468 e. The summed E-state index contributed by atoms with van der Waals surface area (Å²) >= 11 is 1.24. The van der Waals surface area contributed by atoms with Crippen LogP contribution in [-0.2, 0) is 0 Å². The Labute approximate surface area is 185 Å². The van der Waals surface area contributed by atoms with Gasteiger partial charge in [-0.15, -0.1) is 11.3 Å². The molecule has 7 nitrogen and oxygen atoms in total. The van der Waals surface area contributed by atoms with Gasteiger partial charge in [0.1, 0.15) is 5.76 Å². The number of nitrogens with one attached hydrogen (secondary N) is 3. The van der Waals surface area contributed by atoms with Gasteiger partial charge < -0.3 is 15.1 Å². The number of amides is 3. The average Bonchev–Trinajstić information content (AvgIpc) is 3.48. The van der Waals surface area contributed by atoms with Crippen molar-refractivity contribution >= 4 is 34.0 Å². The highest BCUT2D eigenvalue weighted by atomic mass is 32.1. The summed E-state index contributed by atoms with van der Waals surface area (Å²) in [6.45, 7) is 2.48. The molecule has 1 aromatic carbocycles. The lowest BCUT2D eigenvalue weighted by Gasteiger charge is -2.33. The van der Waals surface area contributed by atoms with Gasteiger partial charge in [-0.1, -0.05) is 24.6 Å². The van der Waals surface area contributed by atoms with Crippen molar-refractivity contribution in [3.8, 4) is 0 Å². The summed E-state index contributed by atoms with van der Waals surface area (Å²) in [6, 6.07) is 16.2. The lowest BCUT2D eigenvalue weighted by molar-refractivity contribution is 0.0918. The van der Waals surface area contributed by atoms with Gasteiger partial charge >= 0.3 is 6.03 Å². The van der Waals surface area contributed by atoms with E-state index in [-0.39, 0.29) is 18.0 Å². The maximum absolute atomic E-state index is 12.7. The number of likely N-dealkylation sites (tertiary alicyclic amines) is 1. The fourth-order valence-electron chi connectivity index (χ4n) is 3.72. The van der Waals surface area contributed by atoms with E-state index >= 15 is 0 Å². The quantitative estimate of drug-likeness (QED) is 0.488. The molecule has 3 aromatic rings. The summed E-state index contributed by atoms with van der Waals surface area (Å²) in [4.78, 5) is 27.8. The van der Waals surface area contributed by atoms with Gasteiger partial charge in [0.15, 0.2) is 0 Å². The summed E-state index contributed by atoms with van der Waals surface area (Å²) in [5.41, 5.74) is 0.705. The zero-order valence-corrected chi connectivity index (χ0v) is 18.0. The number of piperidine rings is 1. The summed E-state index contributed by atoms with van der Waals surface area (Å²) in [6.07, 6.45) is 5.24. The standard InChI is InChI=1S/C23H26N4O3S/c28-22(24-16-18(19-10-7-15-30-19)27-13-5-2-6-14-27)20-11-12-21(31-20)26-23(29)25-17-8-3-1-4-9-17/h1,3-4,7-12,15,18H,2,5-6,13-14,16H2,(H,24,28)(H2,25,26,29). The molecule has 3 heterocycles. The highest BCUT2D eigenvalue weighted by Gasteiger charge is 2.25. The third-order valence-electron chi connectivity index (χ3n) is 5.26. The molecule has 1 aliphatic rings. The summed E-state index contributed by atoms with van der Waals surface area (Å²) < 4.78 is 5.64. The minimum absolute atomic E-state index is 0.0217. The molecule has 4 rings (SSSR count). The average molecular weight is 439 g/mol. The molecule has 162 valence electrons. The molecule has 0 radical (unpaired) electrons. The fourth-order valence-corrected chi connectivity index (χ4v) is 4.54. The summed E-state index contributed by atoms with van der Waals surface area (Å²) in [7, 11) is 0. The van der Waals surface area contributed by atoms with Gasteiger partial charge in [-0.3, -0.25) is 15.0 Å². The van der Waals surface area contributed by atoms with Crippen molar-refractivity contribution in [3.63, 3.8) is 0 Å². The Morgan fingerprint density at radius 3 is 2.52 bits per heavy atom. The SMILES string of the molecule is O=C(Nc1ccccc1)Nc1ccc(C(=O)NCC(c2ccco2)N2CCCCC2)s1. The normalized spacial score (nSPS) is 15.2. The monoisotopic (exact) mass is 438 g/mol. The van der Waals surface area contributed by atoms with Crippen molar-refractivity contribution in [2.45, 2.75) is 25.3 Å². The third-order valence-corrected chi connectivity index (χ3v) is 6.26. The molecule has 1 fully saturated rings. The molecule has 0 bridgehead atoms. The lowest BCUT2D eigenvalue weighted by Crippen LogP contribution is -2.40. The first-order valence-electron chi connectivity index (χ1n) is 10.5. The van der Waals surface area contributed by atoms with Crippen molar-refractivity contribution in [2.75, 3.05) is 30.3 Å². The number of nitrogens with zero attached hydrogens (tertiary/aromatic N) is 1. The van der Waals surface area contributed by atoms with E-state index in [1.54, 1.807) is 18.4 Å². The number of thiophene rings is 1. The molecule has 1 atom stereocenters. The van der Waals surface area contributed by atoms with Crippen LogP contribution >= 0.6 is 11.3 Å². The third kappa shape index (κ3) is 5.74. The number of urea groups is 1.